The summed E-state index contributed by atoms with van der Waals surface area (Å²) in [4.78, 5) is 14.7. The number of hydrogen-bond acceptors (Lipinski definition) is 3. The zero-order valence-electron chi connectivity index (χ0n) is 13.7. The lowest BCUT2D eigenvalue weighted by atomic mass is 9.87. The molecule has 0 saturated heterocycles. The van der Waals surface area contributed by atoms with Crippen molar-refractivity contribution in [2.24, 2.45) is 5.34 Å². The number of rotatable bonds is 10. The van der Waals surface area contributed by atoms with E-state index in [4.69, 9.17) is 0 Å². The summed E-state index contributed by atoms with van der Waals surface area (Å²) in [6.07, 6.45) is 5.31. The molecule has 0 radical (unpaired) electrons. The first-order chi connectivity index (χ1) is 11.3. The highest BCUT2D eigenvalue weighted by Gasteiger charge is 2.13. The molecule has 0 saturated carbocycles. The molecule has 2 aromatic rings. The Morgan fingerprint density at radius 3 is 1.87 bits per heavy atom. The Bertz CT molecular complexity index is 517. The quantitative estimate of drug-likeness (QED) is 0.313. The van der Waals surface area contributed by atoms with Crippen LogP contribution in [0.15, 0.2) is 66.0 Å². The molecule has 3 nitrogen and oxygen atoms in total. The van der Waals surface area contributed by atoms with Crippen molar-refractivity contribution in [2.45, 2.75) is 51.0 Å². The van der Waals surface area contributed by atoms with E-state index in [0.29, 0.717) is 5.92 Å². The molecular weight excluding hydrogens is 286 g/mol. The Kier molecular flexibility index (Phi) is 7.31. The van der Waals surface area contributed by atoms with E-state index in [-0.39, 0.29) is 6.10 Å². The average Bonchev–Trinajstić information content (AvgIpc) is 2.60. The van der Waals surface area contributed by atoms with Crippen molar-refractivity contribution in [2.75, 3.05) is 0 Å². The summed E-state index contributed by atoms with van der Waals surface area (Å²) < 4.78 is 0. The topological polar surface area (TPSA) is 38.7 Å². The van der Waals surface area contributed by atoms with E-state index in [2.05, 4.69) is 70.8 Å². The maximum Gasteiger partial charge on any atom is 0.155 e. The molecule has 0 bridgehead atoms. The van der Waals surface area contributed by atoms with Crippen LogP contribution in [-0.4, -0.2) is 6.10 Å². The number of nitrogens with zero attached hydrogens (tertiary/aromatic N) is 1. The first-order valence-corrected chi connectivity index (χ1v) is 8.39. The molecule has 0 N–H and O–H groups in total. The SMILES string of the molecule is CC(CCCCCC(c1ccccc1)c1ccccc1)ON=O. The van der Waals surface area contributed by atoms with Gasteiger partial charge in [0, 0.05) is 5.92 Å². The van der Waals surface area contributed by atoms with Crippen molar-refractivity contribution >= 4 is 0 Å². The molecule has 3 heteroatoms. The molecule has 122 valence electrons. The summed E-state index contributed by atoms with van der Waals surface area (Å²) >= 11 is 0. The van der Waals surface area contributed by atoms with Crippen molar-refractivity contribution in [1.29, 1.82) is 0 Å². The molecule has 0 spiro atoms. The summed E-state index contributed by atoms with van der Waals surface area (Å²) in [5.41, 5.74) is 2.75. The monoisotopic (exact) mass is 311 g/mol. The predicted octanol–water partition coefficient (Wildman–Crippen LogP) is 5.86. The van der Waals surface area contributed by atoms with Crippen molar-refractivity contribution < 1.29 is 4.84 Å². The first-order valence-electron chi connectivity index (χ1n) is 8.39. The fourth-order valence-corrected chi connectivity index (χ4v) is 2.98. The highest BCUT2D eigenvalue weighted by Crippen LogP contribution is 2.29. The maximum atomic E-state index is 10.0. The highest BCUT2D eigenvalue weighted by molar-refractivity contribution is 5.32. The maximum absolute atomic E-state index is 10.0. The second-order valence-corrected chi connectivity index (χ2v) is 6.00. The van der Waals surface area contributed by atoms with Gasteiger partial charge >= 0.3 is 0 Å². The van der Waals surface area contributed by atoms with E-state index in [1.165, 1.54) is 11.1 Å². The molecule has 0 aliphatic carbocycles. The van der Waals surface area contributed by atoms with Gasteiger partial charge in [-0.05, 0) is 37.3 Å². The lowest BCUT2D eigenvalue weighted by Gasteiger charge is -2.18. The fourth-order valence-electron chi connectivity index (χ4n) is 2.98. The summed E-state index contributed by atoms with van der Waals surface area (Å²) in [5.74, 6) is 0.447. The lowest BCUT2D eigenvalue weighted by Crippen LogP contribution is -2.04. The largest absolute Gasteiger partial charge is 0.361 e. The van der Waals surface area contributed by atoms with Crippen LogP contribution in [0.3, 0.4) is 0 Å². The highest BCUT2D eigenvalue weighted by atomic mass is 16.7. The third kappa shape index (κ3) is 5.85. The summed E-state index contributed by atoms with van der Waals surface area (Å²) in [7, 11) is 0. The molecular formula is C20H25NO2. The molecule has 1 unspecified atom stereocenters. The molecule has 1 atom stereocenters. The molecule has 0 heterocycles. The Morgan fingerprint density at radius 1 is 0.826 bits per heavy atom. The molecule has 0 fully saturated rings. The molecule has 23 heavy (non-hydrogen) atoms. The van der Waals surface area contributed by atoms with Gasteiger partial charge in [0.25, 0.3) is 0 Å². The van der Waals surface area contributed by atoms with Crippen LogP contribution < -0.4 is 0 Å². The van der Waals surface area contributed by atoms with Gasteiger partial charge in [-0.25, -0.2) is 0 Å². The van der Waals surface area contributed by atoms with E-state index < -0.39 is 0 Å². The van der Waals surface area contributed by atoms with Gasteiger partial charge in [0.2, 0.25) is 0 Å². The minimum absolute atomic E-state index is 0.0773. The minimum Gasteiger partial charge on any atom is -0.361 e. The Balaban J connectivity index is 1.88. The van der Waals surface area contributed by atoms with Crippen molar-refractivity contribution in [3.8, 4) is 0 Å². The van der Waals surface area contributed by atoms with E-state index in [9.17, 15) is 4.91 Å². The number of hydrogen-bond donors (Lipinski definition) is 0. The summed E-state index contributed by atoms with van der Waals surface area (Å²) in [6.45, 7) is 1.89. The van der Waals surface area contributed by atoms with Gasteiger partial charge in [-0.1, -0.05) is 73.5 Å². The smallest absolute Gasteiger partial charge is 0.155 e. The van der Waals surface area contributed by atoms with Gasteiger partial charge < -0.3 is 4.84 Å². The molecule has 0 aliphatic heterocycles. The molecule has 0 aromatic heterocycles. The Hall–Kier alpha value is -2.16. The van der Waals surface area contributed by atoms with Crippen LogP contribution >= 0.6 is 0 Å². The van der Waals surface area contributed by atoms with Crippen molar-refractivity contribution in [3.63, 3.8) is 0 Å². The van der Waals surface area contributed by atoms with Crippen LogP contribution in [0.5, 0.6) is 0 Å². The van der Waals surface area contributed by atoms with Gasteiger partial charge in [0.1, 0.15) is 6.10 Å². The lowest BCUT2D eigenvalue weighted by molar-refractivity contribution is 0.0607. The third-order valence-electron chi connectivity index (χ3n) is 4.23. The zero-order valence-corrected chi connectivity index (χ0v) is 13.7. The third-order valence-corrected chi connectivity index (χ3v) is 4.23. The van der Waals surface area contributed by atoms with Crippen LogP contribution in [-0.2, 0) is 4.84 Å². The van der Waals surface area contributed by atoms with Crippen LogP contribution in [0.25, 0.3) is 0 Å². The van der Waals surface area contributed by atoms with Crippen LogP contribution in [0, 0.1) is 4.91 Å². The van der Waals surface area contributed by atoms with E-state index in [1.54, 1.807) is 0 Å². The molecule has 0 amide bonds. The van der Waals surface area contributed by atoms with Gasteiger partial charge in [-0.2, -0.15) is 0 Å². The van der Waals surface area contributed by atoms with Crippen molar-refractivity contribution in [3.05, 3.63) is 76.7 Å². The Morgan fingerprint density at radius 2 is 1.35 bits per heavy atom. The summed E-state index contributed by atoms with van der Waals surface area (Å²) in [6, 6.07) is 21.4. The Labute approximate surface area is 138 Å². The zero-order chi connectivity index (χ0) is 16.3. The normalized spacial score (nSPS) is 12.1. The van der Waals surface area contributed by atoms with E-state index in [1.807, 2.05) is 6.92 Å². The van der Waals surface area contributed by atoms with Gasteiger partial charge in [0.15, 0.2) is 5.34 Å². The minimum atomic E-state index is -0.0773. The van der Waals surface area contributed by atoms with Crippen LogP contribution in [0.4, 0.5) is 0 Å². The van der Waals surface area contributed by atoms with E-state index >= 15 is 0 Å². The molecule has 2 aromatic carbocycles. The molecule has 0 aliphatic rings. The van der Waals surface area contributed by atoms with Gasteiger partial charge in [-0.15, -0.1) is 4.91 Å². The first kappa shape index (κ1) is 17.2. The number of unbranched alkanes of at least 4 members (excludes halogenated alkanes) is 2. The standard InChI is InChI=1S/C20H25NO2/c1-17(23-21-22)11-5-2-10-16-20(18-12-6-3-7-13-18)19-14-8-4-9-15-19/h3-4,6-9,12-15,17,20H,2,5,10-11,16H2,1H3. The summed E-state index contributed by atoms with van der Waals surface area (Å²) in [5, 5.41) is 2.49. The van der Waals surface area contributed by atoms with Gasteiger partial charge in [-0.3, -0.25) is 0 Å². The average molecular weight is 311 g/mol. The fraction of sp³-hybridized carbons (Fsp3) is 0.400. The van der Waals surface area contributed by atoms with Gasteiger partial charge in [0.05, 0.1) is 0 Å². The number of benzene rings is 2. The van der Waals surface area contributed by atoms with Crippen LogP contribution in [0.1, 0.15) is 56.1 Å². The van der Waals surface area contributed by atoms with Crippen LogP contribution in [0.2, 0.25) is 0 Å². The molecule has 2 rings (SSSR count). The second kappa shape index (κ2) is 9.78. The van der Waals surface area contributed by atoms with Crippen molar-refractivity contribution in [1.82, 2.24) is 0 Å². The second-order valence-electron chi connectivity index (χ2n) is 6.00. The van der Waals surface area contributed by atoms with E-state index in [0.717, 1.165) is 32.1 Å². The predicted molar refractivity (Wildman–Crippen MR) is 94.2 cm³/mol.